The molecule has 1 nitrogen and oxygen atoms in total. The van der Waals surface area contributed by atoms with Crippen molar-refractivity contribution < 1.29 is 0 Å². The average molecular weight is 209 g/mol. The summed E-state index contributed by atoms with van der Waals surface area (Å²) in [5.74, 6) is 0. The van der Waals surface area contributed by atoms with Gasteiger partial charge in [-0.05, 0) is 32.1 Å². The Balaban J connectivity index is 0. The lowest BCUT2D eigenvalue weighted by molar-refractivity contribution is 0.401. The molecule has 0 amide bonds. The molecule has 0 spiro atoms. The molecule has 0 bridgehead atoms. The van der Waals surface area contributed by atoms with Gasteiger partial charge in [0.1, 0.15) is 0 Å². The van der Waals surface area contributed by atoms with E-state index < -0.39 is 0 Å². The molecule has 0 N–H and O–H groups in total. The maximum Gasteiger partial charge on any atom is 0.0230 e. The van der Waals surface area contributed by atoms with E-state index in [1.165, 1.54) is 11.1 Å². The fourth-order valence-corrected chi connectivity index (χ4v) is 1.13. The van der Waals surface area contributed by atoms with Crippen LogP contribution in [0.5, 0.6) is 0 Å². The average Bonchev–Trinajstić information content (AvgIpc) is 2.27. The van der Waals surface area contributed by atoms with E-state index in [1.54, 1.807) is 0 Å². The largest absolute Gasteiger partial charge is 0.305 e. The molecule has 0 atom stereocenters. The van der Waals surface area contributed by atoms with Crippen molar-refractivity contribution in [1.82, 2.24) is 4.90 Å². The Labute approximate surface area is 96.1 Å². The summed E-state index contributed by atoms with van der Waals surface area (Å²) >= 11 is 0. The van der Waals surface area contributed by atoms with Gasteiger partial charge in [-0.2, -0.15) is 0 Å². The number of benzene rings is 1. The summed E-state index contributed by atoms with van der Waals surface area (Å²) < 4.78 is 0. The first-order valence-corrected chi connectivity index (χ1v) is 5.89. The summed E-state index contributed by atoms with van der Waals surface area (Å²) in [6.45, 7) is 11.2. The highest BCUT2D eigenvalue weighted by Crippen LogP contribution is 2.07. The zero-order valence-corrected chi connectivity index (χ0v) is 11.5. The van der Waals surface area contributed by atoms with Crippen LogP contribution in [-0.4, -0.2) is 19.0 Å². The third-order valence-electron chi connectivity index (χ3n) is 1.75. The Hall–Kier alpha value is -0.820. The molecule has 0 aliphatic carbocycles. The Morgan fingerprint density at radius 1 is 0.933 bits per heavy atom. The van der Waals surface area contributed by atoms with E-state index >= 15 is 0 Å². The van der Waals surface area contributed by atoms with E-state index in [4.69, 9.17) is 0 Å². The van der Waals surface area contributed by atoms with Gasteiger partial charge in [-0.15, -0.1) is 0 Å². The SMILES string of the molecule is CC.CC.Cc1ccccc1CN(C)C. The second kappa shape index (κ2) is 11.3. The molecule has 0 radical (unpaired) electrons. The molecule has 0 fully saturated rings. The normalized spacial score (nSPS) is 8.53. The van der Waals surface area contributed by atoms with Gasteiger partial charge < -0.3 is 4.90 Å². The van der Waals surface area contributed by atoms with Crippen LogP contribution in [0, 0.1) is 6.92 Å². The molecule has 0 unspecified atom stereocenters. The summed E-state index contributed by atoms with van der Waals surface area (Å²) in [7, 11) is 4.18. The lowest BCUT2D eigenvalue weighted by atomic mass is 10.1. The topological polar surface area (TPSA) is 3.24 Å². The van der Waals surface area contributed by atoms with E-state index in [0.29, 0.717) is 0 Å². The fourth-order valence-electron chi connectivity index (χ4n) is 1.13. The molecule has 15 heavy (non-hydrogen) atoms. The van der Waals surface area contributed by atoms with E-state index in [-0.39, 0.29) is 0 Å². The molecular formula is C14H27N. The number of hydrogen-bond donors (Lipinski definition) is 0. The van der Waals surface area contributed by atoms with Crippen molar-refractivity contribution in [2.75, 3.05) is 14.1 Å². The van der Waals surface area contributed by atoms with Crippen molar-refractivity contribution in [2.24, 2.45) is 0 Å². The highest BCUT2D eigenvalue weighted by atomic mass is 15.0. The first kappa shape index (κ1) is 16.6. The monoisotopic (exact) mass is 209 g/mol. The van der Waals surface area contributed by atoms with Crippen molar-refractivity contribution in [2.45, 2.75) is 41.2 Å². The molecular weight excluding hydrogens is 182 g/mol. The van der Waals surface area contributed by atoms with Crippen molar-refractivity contribution in [3.05, 3.63) is 35.4 Å². The highest BCUT2D eigenvalue weighted by Gasteiger charge is 1.96. The molecule has 0 saturated carbocycles. The van der Waals surface area contributed by atoms with Gasteiger partial charge in [-0.25, -0.2) is 0 Å². The summed E-state index contributed by atoms with van der Waals surface area (Å²) in [6.07, 6.45) is 0. The zero-order chi connectivity index (χ0) is 12.3. The summed E-state index contributed by atoms with van der Waals surface area (Å²) in [5, 5.41) is 0. The molecule has 1 rings (SSSR count). The quantitative estimate of drug-likeness (QED) is 0.708. The highest BCUT2D eigenvalue weighted by molar-refractivity contribution is 5.25. The summed E-state index contributed by atoms with van der Waals surface area (Å²) in [5.41, 5.74) is 2.79. The lowest BCUT2D eigenvalue weighted by Gasteiger charge is -2.11. The summed E-state index contributed by atoms with van der Waals surface area (Å²) in [6, 6.07) is 8.49. The Morgan fingerprint density at radius 3 is 1.80 bits per heavy atom. The molecule has 0 aliphatic rings. The fraction of sp³-hybridized carbons (Fsp3) is 0.571. The van der Waals surface area contributed by atoms with Crippen LogP contribution in [0.25, 0.3) is 0 Å². The second-order valence-electron chi connectivity index (χ2n) is 3.16. The maximum atomic E-state index is 2.18. The Bertz CT molecular complexity index is 229. The van der Waals surface area contributed by atoms with Crippen LogP contribution in [0.1, 0.15) is 38.8 Å². The van der Waals surface area contributed by atoms with Gasteiger partial charge >= 0.3 is 0 Å². The van der Waals surface area contributed by atoms with Gasteiger partial charge in [0.25, 0.3) is 0 Å². The van der Waals surface area contributed by atoms with Crippen LogP contribution in [0.2, 0.25) is 0 Å². The minimum Gasteiger partial charge on any atom is -0.305 e. The number of nitrogens with zero attached hydrogens (tertiary/aromatic N) is 1. The molecule has 1 aromatic rings. The minimum atomic E-state index is 1.03. The van der Waals surface area contributed by atoms with Gasteiger partial charge in [-0.3, -0.25) is 0 Å². The zero-order valence-electron chi connectivity index (χ0n) is 11.5. The molecule has 0 aliphatic heterocycles. The Kier molecular flexibility index (Phi) is 12.5. The summed E-state index contributed by atoms with van der Waals surface area (Å²) in [4.78, 5) is 2.18. The number of hydrogen-bond acceptors (Lipinski definition) is 1. The molecule has 88 valence electrons. The molecule has 0 heterocycles. The second-order valence-corrected chi connectivity index (χ2v) is 3.16. The predicted octanol–water partition coefficient (Wildman–Crippen LogP) is 4.11. The lowest BCUT2D eigenvalue weighted by Crippen LogP contribution is -2.11. The molecule has 1 heteroatoms. The third-order valence-corrected chi connectivity index (χ3v) is 1.75. The molecule has 0 saturated heterocycles. The standard InChI is InChI=1S/C10H15N.2C2H6/c1-9-6-4-5-7-10(9)8-11(2)3;2*1-2/h4-7H,8H2,1-3H3;2*1-2H3. The molecule has 1 aromatic carbocycles. The number of rotatable bonds is 2. The van der Waals surface area contributed by atoms with E-state index in [2.05, 4.69) is 50.2 Å². The van der Waals surface area contributed by atoms with E-state index in [0.717, 1.165) is 6.54 Å². The van der Waals surface area contributed by atoms with E-state index in [1.807, 2.05) is 27.7 Å². The number of aryl methyl sites for hydroxylation is 1. The predicted molar refractivity (Wildman–Crippen MR) is 71.3 cm³/mol. The van der Waals surface area contributed by atoms with Crippen LogP contribution < -0.4 is 0 Å². The van der Waals surface area contributed by atoms with Gasteiger partial charge in [0.2, 0.25) is 0 Å². The first-order valence-electron chi connectivity index (χ1n) is 5.89. The van der Waals surface area contributed by atoms with Gasteiger partial charge in [-0.1, -0.05) is 52.0 Å². The van der Waals surface area contributed by atoms with Crippen LogP contribution in [0.4, 0.5) is 0 Å². The smallest absolute Gasteiger partial charge is 0.0230 e. The van der Waals surface area contributed by atoms with Gasteiger partial charge in [0, 0.05) is 6.54 Å². The Morgan fingerprint density at radius 2 is 1.40 bits per heavy atom. The van der Waals surface area contributed by atoms with Gasteiger partial charge in [0.15, 0.2) is 0 Å². The molecule has 0 aromatic heterocycles. The van der Waals surface area contributed by atoms with E-state index in [9.17, 15) is 0 Å². The first-order chi connectivity index (χ1) is 7.20. The van der Waals surface area contributed by atoms with Crippen LogP contribution in [-0.2, 0) is 6.54 Å². The van der Waals surface area contributed by atoms with Crippen LogP contribution in [0.3, 0.4) is 0 Å². The van der Waals surface area contributed by atoms with Crippen molar-refractivity contribution in [1.29, 1.82) is 0 Å². The minimum absolute atomic E-state index is 1.03. The van der Waals surface area contributed by atoms with Crippen molar-refractivity contribution in [3.8, 4) is 0 Å². The van der Waals surface area contributed by atoms with Gasteiger partial charge in [0.05, 0.1) is 0 Å². The van der Waals surface area contributed by atoms with Crippen LogP contribution in [0.15, 0.2) is 24.3 Å². The third kappa shape index (κ3) is 8.19. The van der Waals surface area contributed by atoms with Crippen molar-refractivity contribution in [3.63, 3.8) is 0 Å². The maximum absolute atomic E-state index is 2.18. The van der Waals surface area contributed by atoms with Crippen LogP contribution >= 0.6 is 0 Å². The van der Waals surface area contributed by atoms with Crippen molar-refractivity contribution >= 4 is 0 Å².